The topological polar surface area (TPSA) is 37.4 Å². The van der Waals surface area contributed by atoms with Gasteiger partial charge in [-0.15, -0.1) is 0 Å². The van der Waals surface area contributed by atoms with E-state index < -0.39 is 10.0 Å². The highest BCUT2D eigenvalue weighted by Gasteiger charge is 2.25. The molecule has 0 spiro atoms. The Labute approximate surface area is 110 Å². The molecular formula is C14H21NO2S. The maximum atomic E-state index is 11.9. The number of benzene rings is 1. The molecule has 2 rings (SSSR count). The molecular weight excluding hydrogens is 246 g/mol. The Balaban J connectivity index is 2.05. The molecule has 0 saturated carbocycles. The molecule has 1 fully saturated rings. The summed E-state index contributed by atoms with van der Waals surface area (Å²) in [5, 5.41) is 0. The number of sulfonamides is 1. The second-order valence-electron chi connectivity index (χ2n) is 5.10. The highest BCUT2D eigenvalue weighted by molar-refractivity contribution is 7.89. The maximum absolute atomic E-state index is 11.9. The van der Waals surface area contributed by atoms with Crippen LogP contribution in [0.15, 0.2) is 18.2 Å². The van der Waals surface area contributed by atoms with Crippen LogP contribution in [0.1, 0.15) is 29.5 Å². The lowest BCUT2D eigenvalue weighted by molar-refractivity contribution is 0.386. The quantitative estimate of drug-likeness (QED) is 0.842. The van der Waals surface area contributed by atoms with Gasteiger partial charge in [0, 0.05) is 13.1 Å². The number of nitrogens with zero attached hydrogens (tertiary/aromatic N) is 1. The van der Waals surface area contributed by atoms with E-state index in [9.17, 15) is 8.42 Å². The van der Waals surface area contributed by atoms with Crippen LogP contribution in [-0.2, 0) is 16.4 Å². The van der Waals surface area contributed by atoms with Crippen molar-refractivity contribution in [3.63, 3.8) is 0 Å². The van der Waals surface area contributed by atoms with Crippen LogP contribution in [0, 0.1) is 13.8 Å². The number of hydrogen-bond acceptors (Lipinski definition) is 2. The summed E-state index contributed by atoms with van der Waals surface area (Å²) in [6.45, 7) is 5.46. The predicted octanol–water partition coefficient (Wildman–Crippen LogP) is 2.27. The maximum Gasteiger partial charge on any atom is 0.214 e. The Bertz CT molecular complexity index is 523. The lowest BCUT2D eigenvalue weighted by Gasteiger charge is -2.26. The lowest BCUT2D eigenvalue weighted by Crippen LogP contribution is -2.39. The normalized spacial score (nSPS) is 19.9. The van der Waals surface area contributed by atoms with Crippen molar-refractivity contribution in [2.75, 3.05) is 18.8 Å². The summed E-state index contributed by atoms with van der Waals surface area (Å²) in [5.41, 5.74) is 3.74. The number of rotatable bonds is 3. The van der Waals surface area contributed by atoms with E-state index in [4.69, 9.17) is 0 Å². The monoisotopic (exact) mass is 267 g/mol. The minimum Gasteiger partial charge on any atom is -0.212 e. The molecule has 1 aromatic carbocycles. The third-order valence-electron chi connectivity index (χ3n) is 3.59. The van der Waals surface area contributed by atoms with Crippen molar-refractivity contribution in [2.24, 2.45) is 0 Å². The Morgan fingerprint density at radius 1 is 1.22 bits per heavy atom. The fraction of sp³-hybridized carbons (Fsp3) is 0.571. The predicted molar refractivity (Wildman–Crippen MR) is 74.2 cm³/mol. The summed E-state index contributed by atoms with van der Waals surface area (Å²) >= 11 is 0. The van der Waals surface area contributed by atoms with Crippen molar-refractivity contribution in [1.29, 1.82) is 0 Å². The largest absolute Gasteiger partial charge is 0.214 e. The molecule has 3 nitrogen and oxygen atoms in total. The van der Waals surface area contributed by atoms with E-state index in [0.29, 0.717) is 18.8 Å². The van der Waals surface area contributed by atoms with E-state index in [1.165, 1.54) is 16.7 Å². The minimum absolute atomic E-state index is 0.319. The smallest absolute Gasteiger partial charge is 0.212 e. The van der Waals surface area contributed by atoms with Gasteiger partial charge in [-0.3, -0.25) is 0 Å². The molecule has 0 unspecified atom stereocenters. The van der Waals surface area contributed by atoms with Crippen LogP contribution in [0.3, 0.4) is 0 Å². The third-order valence-corrected chi connectivity index (χ3v) is 5.54. The first-order chi connectivity index (χ1) is 8.49. The van der Waals surface area contributed by atoms with Gasteiger partial charge in [0.1, 0.15) is 0 Å². The summed E-state index contributed by atoms with van der Waals surface area (Å²) < 4.78 is 25.4. The van der Waals surface area contributed by atoms with Crippen molar-refractivity contribution >= 4 is 10.0 Å². The SMILES string of the molecule is Cc1ccc(C)c(CCN2CCCCS2(=O)=O)c1. The third kappa shape index (κ3) is 3.12. The van der Waals surface area contributed by atoms with Crippen LogP contribution < -0.4 is 0 Å². The van der Waals surface area contributed by atoms with Gasteiger partial charge in [0.2, 0.25) is 10.0 Å². The molecule has 1 heterocycles. The Kier molecular flexibility index (Phi) is 4.07. The highest BCUT2D eigenvalue weighted by atomic mass is 32.2. The zero-order valence-electron chi connectivity index (χ0n) is 11.1. The van der Waals surface area contributed by atoms with Crippen LogP contribution >= 0.6 is 0 Å². The van der Waals surface area contributed by atoms with E-state index >= 15 is 0 Å². The standard InChI is InChI=1S/C14H21NO2S/c1-12-5-6-13(2)14(11-12)7-9-15-8-3-4-10-18(15,16)17/h5-6,11H,3-4,7-10H2,1-2H3. The molecule has 0 aromatic heterocycles. The molecule has 1 aromatic rings. The summed E-state index contributed by atoms with van der Waals surface area (Å²) in [4.78, 5) is 0. The summed E-state index contributed by atoms with van der Waals surface area (Å²) in [5.74, 6) is 0.319. The minimum atomic E-state index is -2.98. The van der Waals surface area contributed by atoms with Crippen molar-refractivity contribution in [3.05, 3.63) is 34.9 Å². The molecule has 0 radical (unpaired) electrons. The molecule has 0 atom stereocenters. The Morgan fingerprint density at radius 3 is 2.72 bits per heavy atom. The molecule has 0 amide bonds. The molecule has 1 aliphatic rings. The van der Waals surface area contributed by atoms with Gasteiger partial charge >= 0.3 is 0 Å². The summed E-state index contributed by atoms with van der Waals surface area (Å²) in [6.07, 6.45) is 2.61. The van der Waals surface area contributed by atoms with Gasteiger partial charge in [-0.25, -0.2) is 12.7 Å². The van der Waals surface area contributed by atoms with Gasteiger partial charge in [0.25, 0.3) is 0 Å². The van der Waals surface area contributed by atoms with Gasteiger partial charge in [-0.2, -0.15) is 0 Å². The Morgan fingerprint density at radius 2 is 2.00 bits per heavy atom. The lowest BCUT2D eigenvalue weighted by atomic mass is 10.0. The number of hydrogen-bond donors (Lipinski definition) is 0. The molecule has 100 valence electrons. The van der Waals surface area contributed by atoms with Crippen LogP contribution in [-0.4, -0.2) is 31.6 Å². The van der Waals surface area contributed by atoms with Gasteiger partial charge in [-0.1, -0.05) is 23.8 Å². The summed E-state index contributed by atoms with van der Waals surface area (Å²) in [6, 6.07) is 6.36. The average molecular weight is 267 g/mol. The molecule has 1 aliphatic heterocycles. The first-order valence-electron chi connectivity index (χ1n) is 6.53. The fourth-order valence-corrected chi connectivity index (χ4v) is 4.01. The van der Waals surface area contributed by atoms with Crippen LogP contribution in [0.25, 0.3) is 0 Å². The van der Waals surface area contributed by atoms with E-state index in [-0.39, 0.29) is 0 Å². The first kappa shape index (κ1) is 13.6. The second-order valence-corrected chi connectivity index (χ2v) is 7.19. The van der Waals surface area contributed by atoms with Gasteiger partial charge in [0.05, 0.1) is 5.75 Å². The fourth-order valence-electron chi connectivity index (χ4n) is 2.41. The average Bonchev–Trinajstić information content (AvgIpc) is 2.31. The van der Waals surface area contributed by atoms with Gasteiger partial charge in [0.15, 0.2) is 0 Å². The zero-order valence-corrected chi connectivity index (χ0v) is 12.0. The second kappa shape index (κ2) is 5.41. The van der Waals surface area contributed by atoms with Crippen LogP contribution in [0.5, 0.6) is 0 Å². The molecule has 0 bridgehead atoms. The molecule has 0 N–H and O–H groups in total. The zero-order chi connectivity index (χ0) is 13.2. The van der Waals surface area contributed by atoms with Crippen molar-refractivity contribution in [2.45, 2.75) is 33.1 Å². The molecule has 18 heavy (non-hydrogen) atoms. The van der Waals surface area contributed by atoms with E-state index in [1.54, 1.807) is 4.31 Å². The van der Waals surface area contributed by atoms with Crippen molar-refractivity contribution in [1.82, 2.24) is 4.31 Å². The first-order valence-corrected chi connectivity index (χ1v) is 8.14. The van der Waals surface area contributed by atoms with E-state index in [1.807, 2.05) is 0 Å². The van der Waals surface area contributed by atoms with Gasteiger partial charge in [-0.05, 0) is 44.2 Å². The summed E-state index contributed by atoms with van der Waals surface area (Å²) in [7, 11) is -2.98. The Hall–Kier alpha value is -0.870. The molecule has 1 saturated heterocycles. The van der Waals surface area contributed by atoms with Crippen LogP contribution in [0.2, 0.25) is 0 Å². The van der Waals surface area contributed by atoms with E-state index in [2.05, 4.69) is 32.0 Å². The van der Waals surface area contributed by atoms with Crippen molar-refractivity contribution < 1.29 is 8.42 Å². The highest BCUT2D eigenvalue weighted by Crippen LogP contribution is 2.16. The van der Waals surface area contributed by atoms with Crippen molar-refractivity contribution in [3.8, 4) is 0 Å². The van der Waals surface area contributed by atoms with E-state index in [0.717, 1.165) is 19.3 Å². The molecule has 4 heteroatoms. The van der Waals surface area contributed by atoms with Crippen LogP contribution in [0.4, 0.5) is 0 Å². The molecule has 0 aliphatic carbocycles. The number of aryl methyl sites for hydroxylation is 2. The van der Waals surface area contributed by atoms with Gasteiger partial charge < -0.3 is 0 Å².